The van der Waals surface area contributed by atoms with Crippen LogP contribution in [0.4, 0.5) is 0 Å². The van der Waals surface area contributed by atoms with Gasteiger partial charge in [-0.15, -0.1) is 11.3 Å². The van der Waals surface area contributed by atoms with Crippen molar-refractivity contribution in [3.8, 4) is 0 Å². The fourth-order valence-electron chi connectivity index (χ4n) is 3.43. The maximum absolute atomic E-state index is 6.87. The van der Waals surface area contributed by atoms with Crippen molar-refractivity contribution in [2.75, 3.05) is 0 Å². The smallest absolute Gasteiger partial charge is 0.0285 e. The molecular formula is C17H20BrNS. The van der Waals surface area contributed by atoms with Crippen LogP contribution < -0.4 is 5.73 Å². The summed E-state index contributed by atoms with van der Waals surface area (Å²) in [6, 6.07) is 13.0. The van der Waals surface area contributed by atoms with Gasteiger partial charge in [-0.25, -0.2) is 0 Å². The molecule has 3 heteroatoms. The van der Waals surface area contributed by atoms with E-state index in [2.05, 4.69) is 57.7 Å². The van der Waals surface area contributed by atoms with Crippen molar-refractivity contribution in [2.45, 2.75) is 43.6 Å². The number of halogens is 1. The van der Waals surface area contributed by atoms with Crippen LogP contribution in [0.3, 0.4) is 0 Å². The maximum atomic E-state index is 6.87. The van der Waals surface area contributed by atoms with Gasteiger partial charge >= 0.3 is 0 Å². The van der Waals surface area contributed by atoms with Gasteiger partial charge in [-0.2, -0.15) is 0 Å². The molecule has 2 unspecified atom stereocenters. The second kappa shape index (κ2) is 6.00. The van der Waals surface area contributed by atoms with Crippen molar-refractivity contribution in [3.63, 3.8) is 0 Å². The predicted octanol–water partition coefficient (Wildman–Crippen LogP) is 5.11. The van der Waals surface area contributed by atoms with E-state index in [-0.39, 0.29) is 5.54 Å². The Morgan fingerprint density at radius 2 is 2.05 bits per heavy atom. The molecule has 1 aliphatic rings. The highest BCUT2D eigenvalue weighted by Gasteiger charge is 2.38. The summed E-state index contributed by atoms with van der Waals surface area (Å²) in [4.78, 5) is 1.39. The molecular weight excluding hydrogens is 330 g/mol. The van der Waals surface area contributed by atoms with E-state index in [1.165, 1.54) is 34.2 Å². The van der Waals surface area contributed by atoms with Crippen LogP contribution >= 0.6 is 27.3 Å². The van der Waals surface area contributed by atoms with Crippen LogP contribution in [0.5, 0.6) is 0 Å². The molecule has 1 saturated carbocycles. The van der Waals surface area contributed by atoms with Crippen LogP contribution in [-0.2, 0) is 6.42 Å². The number of nitrogens with two attached hydrogens (primary N) is 1. The molecule has 1 fully saturated rings. The molecule has 3 rings (SSSR count). The highest BCUT2D eigenvalue weighted by atomic mass is 79.9. The first-order valence-corrected chi connectivity index (χ1v) is 8.91. The topological polar surface area (TPSA) is 26.0 Å². The standard InChI is InChI=1S/C17H20BrNS/c18-14-10-15(20-12-14)11-17(19)9-5-4-8-16(17)13-6-2-1-3-7-13/h1-3,6-7,10,12,16H,4-5,8-9,11,19H2. The lowest BCUT2D eigenvalue weighted by atomic mass is 9.68. The van der Waals surface area contributed by atoms with Crippen molar-refractivity contribution < 1.29 is 0 Å². The lowest BCUT2D eigenvalue weighted by Gasteiger charge is -2.41. The molecule has 0 spiro atoms. The number of thiophene rings is 1. The summed E-state index contributed by atoms with van der Waals surface area (Å²) in [5, 5.41) is 2.15. The van der Waals surface area contributed by atoms with Crippen molar-refractivity contribution >= 4 is 27.3 Å². The van der Waals surface area contributed by atoms with Crippen molar-refractivity contribution in [1.29, 1.82) is 0 Å². The van der Waals surface area contributed by atoms with Gasteiger partial charge in [0, 0.05) is 32.6 Å². The Balaban J connectivity index is 1.87. The van der Waals surface area contributed by atoms with Crippen LogP contribution in [-0.4, -0.2) is 5.54 Å². The second-order valence-corrected chi connectivity index (χ2v) is 7.76. The lowest BCUT2D eigenvalue weighted by Crippen LogP contribution is -2.49. The molecule has 1 aromatic carbocycles. The summed E-state index contributed by atoms with van der Waals surface area (Å²) in [5.74, 6) is 0.485. The summed E-state index contributed by atoms with van der Waals surface area (Å²) in [6.07, 6.45) is 5.89. The monoisotopic (exact) mass is 349 g/mol. The van der Waals surface area contributed by atoms with Gasteiger partial charge in [0.1, 0.15) is 0 Å². The zero-order chi connectivity index (χ0) is 14.0. The van der Waals surface area contributed by atoms with Gasteiger partial charge in [-0.05, 0) is 40.4 Å². The third kappa shape index (κ3) is 3.00. The van der Waals surface area contributed by atoms with Gasteiger partial charge in [0.2, 0.25) is 0 Å². The maximum Gasteiger partial charge on any atom is 0.0285 e. The van der Waals surface area contributed by atoms with Gasteiger partial charge in [0.15, 0.2) is 0 Å². The SMILES string of the molecule is NC1(Cc2cc(Br)cs2)CCCCC1c1ccccc1. The van der Waals surface area contributed by atoms with E-state index < -0.39 is 0 Å². The van der Waals surface area contributed by atoms with E-state index in [0.29, 0.717) is 5.92 Å². The van der Waals surface area contributed by atoms with Crippen LogP contribution in [0, 0.1) is 0 Å². The van der Waals surface area contributed by atoms with Crippen LogP contribution in [0.15, 0.2) is 46.3 Å². The Kier molecular flexibility index (Phi) is 4.29. The fraction of sp³-hybridized carbons (Fsp3) is 0.412. The minimum atomic E-state index is -0.0934. The zero-order valence-corrected chi connectivity index (χ0v) is 13.9. The van der Waals surface area contributed by atoms with Crippen molar-refractivity contribution in [2.24, 2.45) is 5.73 Å². The van der Waals surface area contributed by atoms with Crippen LogP contribution in [0.25, 0.3) is 0 Å². The fourth-order valence-corrected chi connectivity index (χ4v) is 5.02. The molecule has 0 bridgehead atoms. The molecule has 1 aromatic heterocycles. The first-order chi connectivity index (χ1) is 9.67. The summed E-state index contributed by atoms with van der Waals surface area (Å²) in [7, 11) is 0. The van der Waals surface area contributed by atoms with Gasteiger partial charge in [0.05, 0.1) is 0 Å². The molecule has 2 N–H and O–H groups in total. The minimum Gasteiger partial charge on any atom is -0.324 e. The van der Waals surface area contributed by atoms with Crippen LogP contribution in [0.1, 0.15) is 42.0 Å². The highest BCUT2D eigenvalue weighted by Crippen LogP contribution is 2.42. The minimum absolute atomic E-state index is 0.0934. The Bertz CT molecular complexity index is 565. The molecule has 106 valence electrons. The molecule has 1 heterocycles. The molecule has 1 nitrogen and oxygen atoms in total. The van der Waals surface area contributed by atoms with Gasteiger partial charge in [0.25, 0.3) is 0 Å². The molecule has 0 radical (unpaired) electrons. The van der Waals surface area contributed by atoms with E-state index in [1.807, 2.05) is 11.3 Å². The Hall–Kier alpha value is -0.640. The lowest BCUT2D eigenvalue weighted by molar-refractivity contribution is 0.250. The second-order valence-electron chi connectivity index (χ2n) is 5.85. The zero-order valence-electron chi connectivity index (χ0n) is 11.5. The number of rotatable bonds is 3. The number of hydrogen-bond acceptors (Lipinski definition) is 2. The molecule has 0 amide bonds. The average molecular weight is 350 g/mol. The number of hydrogen-bond donors (Lipinski definition) is 1. The summed E-state index contributed by atoms with van der Waals surface area (Å²) >= 11 is 5.36. The van der Waals surface area contributed by atoms with Crippen molar-refractivity contribution in [3.05, 3.63) is 56.7 Å². The predicted molar refractivity (Wildman–Crippen MR) is 90.3 cm³/mol. The Morgan fingerprint density at radius 1 is 1.25 bits per heavy atom. The van der Waals surface area contributed by atoms with E-state index in [4.69, 9.17) is 5.73 Å². The Morgan fingerprint density at radius 3 is 2.75 bits per heavy atom. The van der Waals surface area contributed by atoms with Gasteiger partial charge in [-0.3, -0.25) is 0 Å². The molecule has 20 heavy (non-hydrogen) atoms. The highest BCUT2D eigenvalue weighted by molar-refractivity contribution is 9.10. The normalized spacial score (nSPS) is 26.6. The summed E-state index contributed by atoms with van der Waals surface area (Å²) in [6.45, 7) is 0. The largest absolute Gasteiger partial charge is 0.324 e. The molecule has 2 aromatic rings. The molecule has 0 saturated heterocycles. The third-order valence-electron chi connectivity index (χ3n) is 4.41. The third-order valence-corrected chi connectivity index (χ3v) is 6.10. The van der Waals surface area contributed by atoms with E-state index in [0.717, 1.165) is 12.8 Å². The summed E-state index contributed by atoms with van der Waals surface area (Å²) < 4.78 is 1.17. The van der Waals surface area contributed by atoms with E-state index in [1.54, 1.807) is 0 Å². The first kappa shape index (κ1) is 14.3. The van der Waals surface area contributed by atoms with Crippen LogP contribution in [0.2, 0.25) is 0 Å². The first-order valence-electron chi connectivity index (χ1n) is 7.24. The molecule has 1 aliphatic carbocycles. The number of benzene rings is 1. The van der Waals surface area contributed by atoms with Crippen molar-refractivity contribution in [1.82, 2.24) is 0 Å². The average Bonchev–Trinajstić information content (AvgIpc) is 2.85. The molecule has 2 atom stereocenters. The van der Waals surface area contributed by atoms with Gasteiger partial charge in [-0.1, -0.05) is 43.2 Å². The summed E-state index contributed by atoms with van der Waals surface area (Å²) in [5.41, 5.74) is 8.18. The molecule has 0 aliphatic heterocycles. The van der Waals surface area contributed by atoms with Gasteiger partial charge < -0.3 is 5.73 Å². The quantitative estimate of drug-likeness (QED) is 0.818. The van der Waals surface area contributed by atoms with E-state index >= 15 is 0 Å². The van der Waals surface area contributed by atoms with E-state index in [9.17, 15) is 0 Å². The Labute approximate surface area is 133 Å².